The van der Waals surface area contributed by atoms with E-state index in [0.717, 1.165) is 6.42 Å². The number of ether oxygens (including phenoxy) is 2. The summed E-state index contributed by atoms with van der Waals surface area (Å²) >= 11 is 0. The molecule has 0 spiro atoms. The van der Waals surface area contributed by atoms with Crippen LogP contribution in [-0.4, -0.2) is 20.5 Å². The summed E-state index contributed by atoms with van der Waals surface area (Å²) in [5.41, 5.74) is 1.20. The second-order valence-electron chi connectivity index (χ2n) is 2.51. The summed E-state index contributed by atoms with van der Waals surface area (Å²) in [6.07, 6.45) is 0.634. The number of benzene rings is 1. The van der Waals surface area contributed by atoms with Crippen LogP contribution in [0.15, 0.2) is 24.3 Å². The molecule has 65 valence electrons. The van der Waals surface area contributed by atoms with E-state index in [-0.39, 0.29) is 6.29 Å². The largest absolute Gasteiger partial charge is 0.356 e. The summed E-state index contributed by atoms with van der Waals surface area (Å²) in [7, 11) is 3.28. The third-order valence-electron chi connectivity index (χ3n) is 1.72. The molecule has 0 aliphatic rings. The molecule has 0 atom stereocenters. The van der Waals surface area contributed by atoms with Gasteiger partial charge < -0.3 is 9.47 Å². The van der Waals surface area contributed by atoms with Gasteiger partial charge in [-0.1, -0.05) is 24.3 Å². The van der Waals surface area contributed by atoms with Gasteiger partial charge in [-0.15, -0.1) is 0 Å². The summed E-state index contributed by atoms with van der Waals surface area (Å²) in [5, 5.41) is 0. The Kier molecular flexibility index (Phi) is 3.77. The minimum absolute atomic E-state index is 0.146. The number of hydrogen-bond acceptors (Lipinski definition) is 2. The van der Waals surface area contributed by atoms with E-state index in [4.69, 9.17) is 9.47 Å². The Bertz CT molecular complexity index is 204. The van der Waals surface area contributed by atoms with Crippen LogP contribution >= 0.6 is 0 Å². The van der Waals surface area contributed by atoms with Gasteiger partial charge in [0.05, 0.1) is 0 Å². The molecule has 0 bridgehead atoms. The van der Waals surface area contributed by atoms with Crippen molar-refractivity contribution < 1.29 is 9.47 Å². The third kappa shape index (κ3) is 2.64. The number of methoxy groups -OCH3 is 2. The van der Waals surface area contributed by atoms with Crippen LogP contribution in [0.3, 0.4) is 0 Å². The Labute approximate surface area is 73.1 Å². The van der Waals surface area contributed by atoms with Crippen LogP contribution in [0.4, 0.5) is 0 Å². The van der Waals surface area contributed by atoms with Gasteiger partial charge in [-0.25, -0.2) is 0 Å². The Balaban J connectivity index is 2.51. The minimum Gasteiger partial charge on any atom is -0.356 e. The lowest BCUT2D eigenvalue weighted by Crippen LogP contribution is -2.15. The zero-order valence-electron chi connectivity index (χ0n) is 7.41. The molecule has 0 heterocycles. The summed E-state index contributed by atoms with van der Waals surface area (Å²) in [6, 6.07) is 10.7. The maximum Gasteiger partial charge on any atom is 0.160 e. The highest BCUT2D eigenvalue weighted by molar-refractivity contribution is 5.14. The second-order valence-corrected chi connectivity index (χ2v) is 2.51. The van der Waals surface area contributed by atoms with Gasteiger partial charge >= 0.3 is 0 Å². The quantitative estimate of drug-likeness (QED) is 0.631. The van der Waals surface area contributed by atoms with Gasteiger partial charge in [0.25, 0.3) is 0 Å². The minimum atomic E-state index is -0.146. The Morgan fingerprint density at radius 3 is 2.33 bits per heavy atom. The van der Waals surface area contributed by atoms with Gasteiger partial charge in [0.15, 0.2) is 6.29 Å². The molecule has 0 saturated heterocycles. The molecule has 1 aromatic carbocycles. The molecule has 0 aliphatic carbocycles. The van der Waals surface area contributed by atoms with Crippen LogP contribution in [0.1, 0.15) is 5.56 Å². The van der Waals surface area contributed by atoms with Crippen LogP contribution in [0.25, 0.3) is 0 Å². The fraction of sp³-hybridized carbons (Fsp3) is 0.400. The first kappa shape index (κ1) is 9.23. The molecule has 0 unspecified atom stereocenters. The Hall–Kier alpha value is -0.860. The van der Waals surface area contributed by atoms with Gasteiger partial charge in [-0.05, 0) is 11.6 Å². The molecule has 1 radical (unpaired) electrons. The van der Waals surface area contributed by atoms with Crippen molar-refractivity contribution in [3.63, 3.8) is 0 Å². The van der Waals surface area contributed by atoms with E-state index in [9.17, 15) is 0 Å². The monoisotopic (exact) mass is 165 g/mol. The molecule has 1 aromatic rings. The van der Waals surface area contributed by atoms with Crippen molar-refractivity contribution in [1.29, 1.82) is 0 Å². The van der Waals surface area contributed by atoms with Crippen molar-refractivity contribution in [3.8, 4) is 0 Å². The first-order valence-electron chi connectivity index (χ1n) is 3.87. The highest BCUT2D eigenvalue weighted by Gasteiger charge is 2.04. The van der Waals surface area contributed by atoms with Crippen molar-refractivity contribution in [2.75, 3.05) is 14.2 Å². The number of rotatable bonds is 4. The SMILES string of the molecule is COC(Cc1cc[c]cc1)OC. The molecule has 2 nitrogen and oxygen atoms in total. The molecule has 0 N–H and O–H groups in total. The lowest BCUT2D eigenvalue weighted by atomic mass is 10.1. The van der Waals surface area contributed by atoms with Crippen molar-refractivity contribution in [2.24, 2.45) is 0 Å². The predicted molar refractivity (Wildman–Crippen MR) is 46.8 cm³/mol. The molecular formula is C10H13O2. The van der Waals surface area contributed by atoms with Gasteiger partial charge in [-0.2, -0.15) is 0 Å². The highest BCUT2D eigenvalue weighted by atomic mass is 16.7. The van der Waals surface area contributed by atoms with E-state index in [1.807, 2.05) is 24.3 Å². The molecule has 12 heavy (non-hydrogen) atoms. The van der Waals surface area contributed by atoms with E-state index < -0.39 is 0 Å². The van der Waals surface area contributed by atoms with Crippen LogP contribution in [0.5, 0.6) is 0 Å². The van der Waals surface area contributed by atoms with Crippen molar-refractivity contribution in [3.05, 3.63) is 35.9 Å². The van der Waals surface area contributed by atoms with E-state index in [0.29, 0.717) is 0 Å². The predicted octanol–water partition coefficient (Wildman–Crippen LogP) is 1.65. The molecule has 0 saturated carbocycles. The topological polar surface area (TPSA) is 18.5 Å². The maximum absolute atomic E-state index is 5.07. The van der Waals surface area contributed by atoms with Crippen molar-refractivity contribution in [1.82, 2.24) is 0 Å². The summed E-state index contributed by atoms with van der Waals surface area (Å²) in [4.78, 5) is 0. The van der Waals surface area contributed by atoms with Crippen LogP contribution in [0.2, 0.25) is 0 Å². The zero-order chi connectivity index (χ0) is 8.81. The first-order chi connectivity index (χ1) is 5.86. The Morgan fingerprint density at radius 1 is 1.25 bits per heavy atom. The first-order valence-corrected chi connectivity index (χ1v) is 3.87. The third-order valence-corrected chi connectivity index (χ3v) is 1.72. The molecule has 0 aromatic heterocycles. The average Bonchev–Trinajstić information content (AvgIpc) is 2.16. The van der Waals surface area contributed by atoms with E-state index in [1.165, 1.54) is 5.56 Å². The standard InChI is InChI=1S/C10H13O2/c1-11-10(12-2)8-9-6-4-3-5-7-9/h4-7,10H,8H2,1-2H3. The van der Waals surface area contributed by atoms with Crippen molar-refractivity contribution in [2.45, 2.75) is 12.7 Å². The second kappa shape index (κ2) is 4.91. The fourth-order valence-electron chi connectivity index (χ4n) is 1.01. The van der Waals surface area contributed by atoms with E-state index in [1.54, 1.807) is 14.2 Å². The maximum atomic E-state index is 5.07. The highest BCUT2D eigenvalue weighted by Crippen LogP contribution is 2.04. The molecule has 0 aliphatic heterocycles. The summed E-state index contributed by atoms with van der Waals surface area (Å²) in [5.74, 6) is 0. The lowest BCUT2D eigenvalue weighted by molar-refractivity contribution is -0.100. The normalized spacial score (nSPS) is 10.6. The van der Waals surface area contributed by atoms with Crippen LogP contribution < -0.4 is 0 Å². The van der Waals surface area contributed by atoms with Gasteiger partial charge in [0.1, 0.15) is 0 Å². The lowest BCUT2D eigenvalue weighted by Gasteiger charge is -2.12. The van der Waals surface area contributed by atoms with E-state index >= 15 is 0 Å². The summed E-state index contributed by atoms with van der Waals surface area (Å²) < 4.78 is 10.1. The summed E-state index contributed by atoms with van der Waals surface area (Å²) in [6.45, 7) is 0. The van der Waals surface area contributed by atoms with Gasteiger partial charge in [-0.3, -0.25) is 0 Å². The number of hydrogen-bond donors (Lipinski definition) is 0. The van der Waals surface area contributed by atoms with Gasteiger partial charge in [0.2, 0.25) is 0 Å². The van der Waals surface area contributed by atoms with Gasteiger partial charge in [0, 0.05) is 20.6 Å². The fourth-order valence-corrected chi connectivity index (χ4v) is 1.01. The van der Waals surface area contributed by atoms with E-state index in [2.05, 4.69) is 6.07 Å². The molecule has 1 rings (SSSR count). The van der Waals surface area contributed by atoms with Crippen molar-refractivity contribution >= 4 is 0 Å². The molecule has 2 heteroatoms. The Morgan fingerprint density at radius 2 is 1.83 bits per heavy atom. The van der Waals surface area contributed by atoms with Crippen LogP contribution in [0, 0.1) is 6.07 Å². The molecule has 0 amide bonds. The van der Waals surface area contributed by atoms with Crippen LogP contribution in [-0.2, 0) is 15.9 Å². The zero-order valence-corrected chi connectivity index (χ0v) is 7.41. The molecular weight excluding hydrogens is 152 g/mol. The molecule has 0 fully saturated rings. The average molecular weight is 165 g/mol. The smallest absolute Gasteiger partial charge is 0.160 e.